The first-order valence-electron chi connectivity index (χ1n) is 6.07. The first kappa shape index (κ1) is 14.7. The van der Waals surface area contributed by atoms with Crippen molar-refractivity contribution in [3.8, 4) is 11.3 Å². The Morgan fingerprint density at radius 3 is 2.20 bits per heavy atom. The molecule has 0 bridgehead atoms. The summed E-state index contributed by atoms with van der Waals surface area (Å²) in [6.45, 7) is 5.53. The van der Waals surface area contributed by atoms with Gasteiger partial charge in [0.25, 0.3) is 0 Å². The van der Waals surface area contributed by atoms with Gasteiger partial charge in [-0.1, -0.05) is 26.1 Å². The van der Waals surface area contributed by atoms with Gasteiger partial charge in [-0.3, -0.25) is 0 Å². The molecule has 0 fully saturated rings. The van der Waals surface area contributed by atoms with Crippen LogP contribution in [0.5, 0.6) is 0 Å². The van der Waals surface area contributed by atoms with Crippen molar-refractivity contribution in [2.24, 2.45) is 0 Å². The molecule has 0 amide bonds. The van der Waals surface area contributed by atoms with E-state index in [1.54, 1.807) is 6.92 Å². The predicted molar refractivity (Wildman–Crippen MR) is 73.6 cm³/mol. The third-order valence-electron chi connectivity index (χ3n) is 2.99. The molecule has 0 aliphatic carbocycles. The maximum atomic E-state index is 13.3. The highest BCUT2D eigenvalue weighted by atomic mass is 32.1. The Morgan fingerprint density at radius 2 is 1.70 bits per heavy atom. The van der Waals surface area contributed by atoms with Crippen LogP contribution in [0.15, 0.2) is 12.1 Å². The molecule has 106 valence electrons. The quantitative estimate of drug-likeness (QED) is 0.645. The molecule has 0 aliphatic rings. The number of nitrogens with one attached hydrogen (secondary N) is 1. The van der Waals surface area contributed by atoms with Gasteiger partial charge in [0.05, 0.1) is 5.69 Å². The van der Waals surface area contributed by atoms with Crippen molar-refractivity contribution in [1.82, 2.24) is 9.97 Å². The summed E-state index contributed by atoms with van der Waals surface area (Å²) in [4.78, 5) is 7.23. The molecule has 2 rings (SSSR count). The normalized spacial score (nSPS) is 11.2. The third kappa shape index (κ3) is 2.60. The average molecular weight is 298 g/mol. The number of H-pyrrole nitrogens is 1. The summed E-state index contributed by atoms with van der Waals surface area (Å²) in [6.07, 6.45) is 0. The molecule has 1 aromatic heterocycles. The molecular weight excluding hydrogens is 285 g/mol. The van der Waals surface area contributed by atoms with Crippen LogP contribution in [-0.2, 0) is 0 Å². The molecule has 6 heteroatoms. The third-order valence-corrected chi connectivity index (χ3v) is 3.39. The number of aromatic amines is 1. The topological polar surface area (TPSA) is 28.7 Å². The van der Waals surface area contributed by atoms with E-state index in [4.69, 9.17) is 12.2 Å². The van der Waals surface area contributed by atoms with Gasteiger partial charge in [0.1, 0.15) is 10.5 Å². The van der Waals surface area contributed by atoms with Gasteiger partial charge in [0.15, 0.2) is 17.5 Å². The maximum absolute atomic E-state index is 13.3. The van der Waals surface area contributed by atoms with E-state index in [1.807, 2.05) is 13.8 Å². The van der Waals surface area contributed by atoms with Crippen LogP contribution >= 0.6 is 12.2 Å². The molecule has 1 aromatic carbocycles. The summed E-state index contributed by atoms with van der Waals surface area (Å²) < 4.78 is 40.1. The van der Waals surface area contributed by atoms with E-state index in [0.29, 0.717) is 21.7 Å². The summed E-state index contributed by atoms with van der Waals surface area (Å²) >= 11 is 5.15. The number of hydrogen-bond donors (Lipinski definition) is 1. The second-order valence-corrected chi connectivity index (χ2v) is 5.22. The Balaban J connectivity index is 2.72. The van der Waals surface area contributed by atoms with Crippen LogP contribution < -0.4 is 0 Å². The summed E-state index contributed by atoms with van der Waals surface area (Å²) in [7, 11) is 0. The van der Waals surface area contributed by atoms with Gasteiger partial charge in [-0.15, -0.1) is 0 Å². The van der Waals surface area contributed by atoms with Crippen molar-refractivity contribution in [3.63, 3.8) is 0 Å². The fourth-order valence-electron chi connectivity index (χ4n) is 1.81. The molecule has 0 saturated heterocycles. The van der Waals surface area contributed by atoms with Crippen molar-refractivity contribution in [2.75, 3.05) is 0 Å². The van der Waals surface area contributed by atoms with Gasteiger partial charge in [-0.2, -0.15) is 0 Å². The number of halogens is 3. The Labute approximate surface area is 119 Å². The number of aromatic nitrogens is 2. The lowest BCUT2D eigenvalue weighted by Gasteiger charge is -2.12. The van der Waals surface area contributed by atoms with E-state index in [-0.39, 0.29) is 11.5 Å². The molecule has 0 unspecified atom stereocenters. The minimum absolute atomic E-state index is 0.0752. The number of rotatable bonds is 2. The summed E-state index contributed by atoms with van der Waals surface area (Å²) in [5.41, 5.74) is 1.25. The van der Waals surface area contributed by atoms with E-state index in [2.05, 4.69) is 9.97 Å². The lowest BCUT2D eigenvalue weighted by atomic mass is 10.1. The lowest BCUT2D eigenvalue weighted by Crippen LogP contribution is -2.03. The molecule has 0 aliphatic heterocycles. The molecule has 0 atom stereocenters. The number of nitrogens with zero attached hydrogens (tertiary/aromatic N) is 1. The van der Waals surface area contributed by atoms with Gasteiger partial charge in [-0.05, 0) is 19.1 Å². The first-order valence-corrected chi connectivity index (χ1v) is 6.47. The lowest BCUT2D eigenvalue weighted by molar-refractivity contribution is 0.447. The second kappa shape index (κ2) is 5.36. The number of benzene rings is 1. The Bertz CT molecular complexity index is 700. The molecular formula is C14H13F3N2S. The van der Waals surface area contributed by atoms with Gasteiger partial charge in [-0.25, -0.2) is 18.2 Å². The van der Waals surface area contributed by atoms with Crippen molar-refractivity contribution in [2.45, 2.75) is 26.7 Å². The average Bonchev–Trinajstić information content (AvgIpc) is 2.38. The minimum Gasteiger partial charge on any atom is -0.343 e. The van der Waals surface area contributed by atoms with Crippen LogP contribution in [0.1, 0.15) is 31.2 Å². The zero-order valence-electron chi connectivity index (χ0n) is 11.2. The molecule has 0 saturated carbocycles. The number of hydrogen-bond acceptors (Lipinski definition) is 2. The molecule has 0 radical (unpaired) electrons. The molecule has 1 heterocycles. The Morgan fingerprint density at radius 1 is 1.15 bits per heavy atom. The largest absolute Gasteiger partial charge is 0.343 e. The van der Waals surface area contributed by atoms with Gasteiger partial charge < -0.3 is 4.98 Å². The zero-order valence-corrected chi connectivity index (χ0v) is 12.0. The van der Waals surface area contributed by atoms with Crippen LogP contribution in [-0.4, -0.2) is 9.97 Å². The van der Waals surface area contributed by atoms with Crippen molar-refractivity contribution in [1.29, 1.82) is 0 Å². The van der Waals surface area contributed by atoms with E-state index in [1.165, 1.54) is 0 Å². The van der Waals surface area contributed by atoms with Crippen LogP contribution in [0, 0.1) is 29.0 Å². The smallest absolute Gasteiger partial charge is 0.194 e. The van der Waals surface area contributed by atoms with E-state index in [9.17, 15) is 13.2 Å². The molecule has 0 spiro atoms. The van der Waals surface area contributed by atoms with Crippen molar-refractivity contribution < 1.29 is 13.2 Å². The highest BCUT2D eigenvalue weighted by Crippen LogP contribution is 2.26. The summed E-state index contributed by atoms with van der Waals surface area (Å²) in [5, 5.41) is 0. The van der Waals surface area contributed by atoms with Crippen LogP contribution in [0.4, 0.5) is 13.2 Å². The SMILES string of the molecule is Cc1c(-c2cc(F)c(F)c(F)c2)[nH]c(C(C)C)nc1=S. The Hall–Kier alpha value is -1.69. The fourth-order valence-corrected chi connectivity index (χ4v) is 2.01. The summed E-state index contributed by atoms with van der Waals surface area (Å²) in [6, 6.07) is 1.88. The standard InChI is InChI=1S/C14H13F3N2S/c1-6(2)13-18-12(7(3)14(20)19-13)8-4-9(15)11(17)10(16)5-8/h4-6H,1-3H3,(H,18,19,20). The fraction of sp³-hybridized carbons (Fsp3) is 0.286. The van der Waals surface area contributed by atoms with Gasteiger partial charge in [0.2, 0.25) is 0 Å². The van der Waals surface area contributed by atoms with Crippen molar-refractivity contribution >= 4 is 12.2 Å². The van der Waals surface area contributed by atoms with E-state index < -0.39 is 17.5 Å². The highest BCUT2D eigenvalue weighted by Gasteiger charge is 2.15. The second-order valence-electron chi connectivity index (χ2n) is 4.84. The van der Waals surface area contributed by atoms with Crippen LogP contribution in [0.25, 0.3) is 11.3 Å². The highest BCUT2D eigenvalue weighted by molar-refractivity contribution is 7.71. The molecule has 2 aromatic rings. The monoisotopic (exact) mass is 298 g/mol. The van der Waals surface area contributed by atoms with Crippen LogP contribution in [0.2, 0.25) is 0 Å². The van der Waals surface area contributed by atoms with Gasteiger partial charge >= 0.3 is 0 Å². The predicted octanol–water partition coefficient (Wildman–Crippen LogP) is 4.66. The summed E-state index contributed by atoms with van der Waals surface area (Å²) in [5.74, 6) is -3.27. The molecule has 20 heavy (non-hydrogen) atoms. The molecule has 1 N–H and O–H groups in total. The Kier molecular flexibility index (Phi) is 3.94. The minimum atomic E-state index is -1.48. The van der Waals surface area contributed by atoms with Crippen LogP contribution in [0.3, 0.4) is 0 Å². The zero-order chi connectivity index (χ0) is 15.0. The first-order chi connectivity index (χ1) is 9.31. The van der Waals surface area contributed by atoms with Gasteiger partial charge in [0, 0.05) is 17.0 Å². The van der Waals surface area contributed by atoms with E-state index >= 15 is 0 Å². The van der Waals surface area contributed by atoms with E-state index in [0.717, 1.165) is 12.1 Å². The maximum Gasteiger partial charge on any atom is 0.194 e. The molecule has 2 nitrogen and oxygen atoms in total. The van der Waals surface area contributed by atoms with Crippen molar-refractivity contribution in [3.05, 3.63) is 45.6 Å².